The molecule has 6 nitrogen and oxygen atoms in total. The van der Waals surface area contributed by atoms with Crippen LogP contribution in [0, 0.1) is 5.92 Å². The molecule has 1 atom stereocenters. The third-order valence-electron chi connectivity index (χ3n) is 9.89. The van der Waals surface area contributed by atoms with Crippen LogP contribution in [-0.4, -0.2) is 51.4 Å². The SMILES string of the molecule is CCCCCCCCCCCCCCCOCC(=O)OC1C(CC2CCN(Cc3ccccc3)CC2)=Cc2cc(OC)c(OC)cc21. The molecule has 0 N–H and O–H groups in total. The van der Waals surface area contributed by atoms with Crippen LogP contribution in [0.5, 0.6) is 11.5 Å². The van der Waals surface area contributed by atoms with E-state index in [0.29, 0.717) is 24.0 Å². The highest BCUT2D eigenvalue weighted by Crippen LogP contribution is 2.45. The van der Waals surface area contributed by atoms with E-state index in [1.165, 1.54) is 76.2 Å². The van der Waals surface area contributed by atoms with Gasteiger partial charge in [-0.2, -0.15) is 0 Å². The van der Waals surface area contributed by atoms with E-state index in [2.05, 4.69) is 48.2 Å². The first kappa shape index (κ1) is 37.0. The van der Waals surface area contributed by atoms with Gasteiger partial charge >= 0.3 is 5.97 Å². The number of hydrogen-bond donors (Lipinski definition) is 0. The van der Waals surface area contributed by atoms with Gasteiger partial charge in [0.1, 0.15) is 12.7 Å². The van der Waals surface area contributed by atoms with E-state index in [1.54, 1.807) is 14.2 Å². The van der Waals surface area contributed by atoms with Gasteiger partial charge in [0, 0.05) is 18.7 Å². The normalized spacial score (nSPS) is 16.6. The Hall–Kier alpha value is -2.83. The number of fused-ring (bicyclic) bond motifs is 1. The lowest BCUT2D eigenvalue weighted by atomic mass is 9.88. The molecule has 6 heteroatoms. The highest BCUT2D eigenvalue weighted by molar-refractivity contribution is 5.75. The van der Waals surface area contributed by atoms with E-state index in [-0.39, 0.29) is 12.6 Å². The molecule has 1 unspecified atom stereocenters. The Balaban J connectivity index is 1.18. The molecule has 1 aliphatic carbocycles. The number of piperidine rings is 1. The summed E-state index contributed by atoms with van der Waals surface area (Å²) in [6.45, 7) is 6.03. The van der Waals surface area contributed by atoms with Crippen molar-refractivity contribution in [3.8, 4) is 11.5 Å². The summed E-state index contributed by atoms with van der Waals surface area (Å²) in [6.07, 6.45) is 22.1. The van der Waals surface area contributed by atoms with Crippen molar-refractivity contribution in [1.29, 1.82) is 0 Å². The third kappa shape index (κ3) is 12.6. The number of hydrogen-bond acceptors (Lipinski definition) is 6. The Morgan fingerprint density at radius 2 is 1.38 bits per heavy atom. The maximum Gasteiger partial charge on any atom is 0.333 e. The van der Waals surface area contributed by atoms with Crippen molar-refractivity contribution in [3.63, 3.8) is 0 Å². The second-order valence-electron chi connectivity index (χ2n) is 13.6. The van der Waals surface area contributed by atoms with Crippen molar-refractivity contribution >= 4 is 12.0 Å². The van der Waals surface area contributed by atoms with Gasteiger partial charge in [-0.15, -0.1) is 0 Å². The molecule has 4 rings (SSSR count). The largest absolute Gasteiger partial charge is 0.493 e. The number of carbonyl (C=O) groups excluding carboxylic acids is 1. The molecule has 47 heavy (non-hydrogen) atoms. The summed E-state index contributed by atoms with van der Waals surface area (Å²) in [7, 11) is 3.29. The van der Waals surface area contributed by atoms with Crippen LogP contribution < -0.4 is 9.47 Å². The summed E-state index contributed by atoms with van der Waals surface area (Å²) in [5.74, 6) is 1.58. The van der Waals surface area contributed by atoms with Crippen molar-refractivity contribution in [2.75, 3.05) is 40.5 Å². The molecule has 2 aromatic carbocycles. The number of methoxy groups -OCH3 is 2. The highest BCUT2D eigenvalue weighted by Gasteiger charge is 2.33. The summed E-state index contributed by atoms with van der Waals surface area (Å²) < 4.78 is 23.1. The van der Waals surface area contributed by atoms with Crippen LogP contribution in [0.1, 0.15) is 132 Å². The quantitative estimate of drug-likeness (QED) is 0.0884. The molecule has 2 aliphatic rings. The summed E-state index contributed by atoms with van der Waals surface area (Å²) in [5, 5.41) is 0. The number of carbonyl (C=O) groups is 1. The van der Waals surface area contributed by atoms with Gasteiger partial charge in [0.05, 0.1) is 14.2 Å². The molecule has 2 aromatic rings. The van der Waals surface area contributed by atoms with Gasteiger partial charge in [-0.1, -0.05) is 120 Å². The number of unbranched alkanes of at least 4 members (excludes halogenated alkanes) is 12. The molecule has 0 saturated carbocycles. The van der Waals surface area contributed by atoms with Gasteiger partial charge < -0.3 is 18.9 Å². The van der Waals surface area contributed by atoms with E-state index >= 15 is 0 Å². The predicted octanol–water partition coefficient (Wildman–Crippen LogP) is 10.1. The molecule has 0 radical (unpaired) electrons. The summed E-state index contributed by atoms with van der Waals surface area (Å²) >= 11 is 0. The Labute approximate surface area is 285 Å². The molecule has 0 spiro atoms. The lowest BCUT2D eigenvalue weighted by Gasteiger charge is -2.33. The maximum absolute atomic E-state index is 13.0. The van der Waals surface area contributed by atoms with Gasteiger partial charge in [-0.05, 0) is 73.5 Å². The molecule has 0 amide bonds. The minimum Gasteiger partial charge on any atom is -0.493 e. The van der Waals surface area contributed by atoms with E-state index in [1.807, 2.05) is 12.1 Å². The van der Waals surface area contributed by atoms with Gasteiger partial charge in [0.25, 0.3) is 0 Å². The first-order valence-electron chi connectivity index (χ1n) is 18.6. The molecular formula is C41H61NO5. The Bertz CT molecular complexity index is 1200. The van der Waals surface area contributed by atoms with E-state index in [0.717, 1.165) is 68.4 Å². The van der Waals surface area contributed by atoms with Crippen LogP contribution >= 0.6 is 0 Å². The average Bonchev–Trinajstić information content (AvgIpc) is 3.41. The zero-order valence-electron chi connectivity index (χ0n) is 29.6. The van der Waals surface area contributed by atoms with Gasteiger partial charge in [-0.3, -0.25) is 4.90 Å². The first-order chi connectivity index (χ1) is 23.1. The van der Waals surface area contributed by atoms with Crippen LogP contribution in [0.2, 0.25) is 0 Å². The van der Waals surface area contributed by atoms with Crippen molar-refractivity contribution in [2.24, 2.45) is 5.92 Å². The summed E-state index contributed by atoms with van der Waals surface area (Å²) in [6, 6.07) is 14.7. The number of esters is 1. The number of benzene rings is 2. The fraction of sp³-hybridized carbons (Fsp3) is 0.634. The predicted molar refractivity (Wildman–Crippen MR) is 192 cm³/mol. The monoisotopic (exact) mass is 647 g/mol. The zero-order chi connectivity index (χ0) is 33.1. The third-order valence-corrected chi connectivity index (χ3v) is 9.89. The maximum atomic E-state index is 13.0. The van der Waals surface area contributed by atoms with Crippen molar-refractivity contribution in [3.05, 3.63) is 64.7 Å². The van der Waals surface area contributed by atoms with E-state index in [9.17, 15) is 4.79 Å². The lowest BCUT2D eigenvalue weighted by molar-refractivity contribution is -0.153. The van der Waals surface area contributed by atoms with Gasteiger partial charge in [-0.25, -0.2) is 4.79 Å². The fourth-order valence-corrected chi connectivity index (χ4v) is 7.11. The first-order valence-corrected chi connectivity index (χ1v) is 18.6. The molecule has 260 valence electrons. The minimum atomic E-state index is -0.417. The summed E-state index contributed by atoms with van der Waals surface area (Å²) in [4.78, 5) is 15.6. The molecular weight excluding hydrogens is 586 g/mol. The number of nitrogens with zero attached hydrogens (tertiary/aromatic N) is 1. The molecule has 1 aliphatic heterocycles. The lowest BCUT2D eigenvalue weighted by Crippen LogP contribution is -2.33. The van der Waals surface area contributed by atoms with Crippen molar-refractivity contribution in [1.82, 2.24) is 4.90 Å². The molecule has 1 saturated heterocycles. The van der Waals surface area contributed by atoms with Gasteiger partial charge in [0.15, 0.2) is 11.5 Å². The van der Waals surface area contributed by atoms with Crippen LogP contribution in [0.3, 0.4) is 0 Å². The highest BCUT2D eigenvalue weighted by atomic mass is 16.6. The standard InChI is InChI=1S/C41H61NO5/c1-4-5-6-7-8-9-10-11-12-13-14-15-19-26-46-32-40(43)47-41-36(28-35-29-38(44-2)39(45-3)30-37(35)41)27-33-22-24-42(25-23-33)31-34-20-17-16-18-21-34/h16-18,20-21,28-30,33,41H,4-15,19,22-27,31-32H2,1-3H3. The van der Waals surface area contributed by atoms with Crippen LogP contribution in [0.15, 0.2) is 48.0 Å². The fourth-order valence-electron chi connectivity index (χ4n) is 7.11. The Morgan fingerprint density at radius 3 is 2.00 bits per heavy atom. The molecule has 0 aromatic heterocycles. The number of ether oxygens (including phenoxy) is 4. The summed E-state index contributed by atoms with van der Waals surface area (Å²) in [5.41, 5.74) is 4.52. The second kappa shape index (κ2) is 21.2. The smallest absolute Gasteiger partial charge is 0.333 e. The van der Waals surface area contributed by atoms with Crippen LogP contribution in [-0.2, 0) is 20.8 Å². The average molecular weight is 648 g/mol. The van der Waals surface area contributed by atoms with E-state index in [4.69, 9.17) is 18.9 Å². The number of likely N-dealkylation sites (tertiary alicyclic amines) is 1. The number of rotatable bonds is 23. The van der Waals surface area contributed by atoms with E-state index < -0.39 is 6.10 Å². The second-order valence-corrected chi connectivity index (χ2v) is 13.6. The Kier molecular flexibility index (Phi) is 16.7. The van der Waals surface area contributed by atoms with Crippen molar-refractivity contribution in [2.45, 2.75) is 122 Å². The molecule has 1 heterocycles. The molecule has 0 bridgehead atoms. The molecule has 1 fully saturated rings. The van der Waals surface area contributed by atoms with Crippen LogP contribution in [0.25, 0.3) is 6.08 Å². The van der Waals surface area contributed by atoms with Crippen molar-refractivity contribution < 1.29 is 23.7 Å². The minimum absolute atomic E-state index is 0.0114. The zero-order valence-corrected chi connectivity index (χ0v) is 29.6. The van der Waals surface area contributed by atoms with Crippen LogP contribution in [0.4, 0.5) is 0 Å². The Morgan fingerprint density at radius 1 is 0.787 bits per heavy atom. The van der Waals surface area contributed by atoms with Gasteiger partial charge in [0.2, 0.25) is 0 Å². The topological polar surface area (TPSA) is 57.2 Å².